The van der Waals surface area contributed by atoms with Crippen LogP contribution in [0.2, 0.25) is 0 Å². The van der Waals surface area contributed by atoms with E-state index in [1.54, 1.807) is 0 Å². The second-order valence-electron chi connectivity index (χ2n) is 4.19. The van der Waals surface area contributed by atoms with Crippen LogP contribution in [0.5, 0.6) is 0 Å². The molecule has 14 heavy (non-hydrogen) atoms. The maximum Gasteiger partial charge on any atom is 0.148 e. The summed E-state index contributed by atoms with van der Waals surface area (Å²) in [6.45, 7) is 1.72. The van der Waals surface area contributed by atoms with Crippen molar-refractivity contribution in [2.24, 2.45) is 0 Å². The van der Waals surface area contributed by atoms with E-state index in [4.69, 9.17) is 4.74 Å². The van der Waals surface area contributed by atoms with Crippen molar-refractivity contribution >= 4 is 5.82 Å². The van der Waals surface area contributed by atoms with E-state index in [9.17, 15) is 0 Å². The van der Waals surface area contributed by atoms with Crippen molar-refractivity contribution in [3.05, 3.63) is 11.8 Å². The predicted molar refractivity (Wildman–Crippen MR) is 53.4 cm³/mol. The lowest BCUT2D eigenvalue weighted by Gasteiger charge is -2.01. The molecule has 2 aliphatic rings. The van der Waals surface area contributed by atoms with Crippen LogP contribution in [0.15, 0.2) is 6.07 Å². The quantitative estimate of drug-likeness (QED) is 0.764. The van der Waals surface area contributed by atoms with Gasteiger partial charge in [0.1, 0.15) is 5.82 Å². The molecule has 4 nitrogen and oxygen atoms in total. The highest BCUT2D eigenvalue weighted by atomic mass is 16.5. The fourth-order valence-corrected chi connectivity index (χ4v) is 1.84. The number of hydrogen-bond acceptors (Lipinski definition) is 3. The van der Waals surface area contributed by atoms with Crippen LogP contribution in [0.3, 0.4) is 0 Å². The number of rotatable bonds is 3. The average molecular weight is 193 g/mol. The van der Waals surface area contributed by atoms with Crippen molar-refractivity contribution in [1.29, 1.82) is 0 Å². The third kappa shape index (κ3) is 1.62. The van der Waals surface area contributed by atoms with E-state index in [1.165, 1.54) is 18.5 Å². The average Bonchev–Trinajstić information content (AvgIpc) is 2.71. The van der Waals surface area contributed by atoms with Gasteiger partial charge < -0.3 is 10.1 Å². The van der Waals surface area contributed by atoms with Gasteiger partial charge in [-0.1, -0.05) is 0 Å². The minimum absolute atomic E-state index is 0.525. The molecule has 76 valence electrons. The highest BCUT2D eigenvalue weighted by molar-refractivity contribution is 5.38. The number of nitrogens with one attached hydrogen (secondary N) is 2. The lowest BCUT2D eigenvalue weighted by molar-refractivity contribution is 0.193. The maximum absolute atomic E-state index is 5.35. The Hall–Kier alpha value is -1.03. The number of H-pyrrole nitrogens is 1. The van der Waals surface area contributed by atoms with Crippen LogP contribution in [0.1, 0.15) is 30.9 Å². The first kappa shape index (κ1) is 8.29. The largest absolute Gasteiger partial charge is 0.381 e. The molecule has 1 atom stereocenters. The van der Waals surface area contributed by atoms with Crippen molar-refractivity contribution in [3.8, 4) is 0 Å². The molecular weight excluding hydrogens is 178 g/mol. The SMILES string of the molecule is c1c(NC2CC2)n[nH]c1C1CCOC1. The van der Waals surface area contributed by atoms with Gasteiger partial charge in [0.25, 0.3) is 0 Å². The van der Waals surface area contributed by atoms with E-state index >= 15 is 0 Å². The Balaban J connectivity index is 1.68. The summed E-state index contributed by atoms with van der Waals surface area (Å²) < 4.78 is 5.35. The Morgan fingerprint density at radius 2 is 2.36 bits per heavy atom. The van der Waals surface area contributed by atoms with Crippen LogP contribution in [0.25, 0.3) is 0 Å². The zero-order valence-electron chi connectivity index (χ0n) is 8.12. The fraction of sp³-hybridized carbons (Fsp3) is 0.700. The first-order valence-corrected chi connectivity index (χ1v) is 5.31. The standard InChI is InChI=1S/C10H15N3O/c1-2-8(1)11-10-5-9(12-13-10)7-3-4-14-6-7/h5,7-8H,1-4,6H2,(H2,11,12,13). The first-order chi connectivity index (χ1) is 6.92. The van der Waals surface area contributed by atoms with E-state index in [2.05, 4.69) is 21.6 Å². The summed E-state index contributed by atoms with van der Waals surface area (Å²) in [6, 6.07) is 2.79. The van der Waals surface area contributed by atoms with Gasteiger partial charge in [0.2, 0.25) is 0 Å². The molecule has 1 aromatic heterocycles. The summed E-state index contributed by atoms with van der Waals surface area (Å²) in [7, 11) is 0. The van der Waals surface area contributed by atoms with Crippen LogP contribution < -0.4 is 5.32 Å². The zero-order chi connectivity index (χ0) is 9.38. The van der Waals surface area contributed by atoms with Crippen LogP contribution in [0.4, 0.5) is 5.82 Å². The molecule has 2 N–H and O–H groups in total. The van der Waals surface area contributed by atoms with Crippen LogP contribution >= 0.6 is 0 Å². The number of nitrogens with zero attached hydrogens (tertiary/aromatic N) is 1. The Morgan fingerprint density at radius 3 is 3.07 bits per heavy atom. The Morgan fingerprint density at radius 1 is 1.43 bits per heavy atom. The number of anilines is 1. The molecule has 1 aromatic rings. The molecule has 0 bridgehead atoms. The van der Waals surface area contributed by atoms with E-state index in [1.807, 2.05) is 0 Å². The number of aromatic amines is 1. The summed E-state index contributed by atoms with van der Waals surface area (Å²) >= 11 is 0. The first-order valence-electron chi connectivity index (χ1n) is 5.31. The summed E-state index contributed by atoms with van der Waals surface area (Å²) in [5, 5.41) is 10.7. The van der Waals surface area contributed by atoms with E-state index in [-0.39, 0.29) is 0 Å². The smallest absolute Gasteiger partial charge is 0.148 e. The van der Waals surface area contributed by atoms with E-state index < -0.39 is 0 Å². The number of hydrogen-bond donors (Lipinski definition) is 2. The van der Waals surface area contributed by atoms with Crippen LogP contribution in [-0.4, -0.2) is 29.5 Å². The van der Waals surface area contributed by atoms with Gasteiger partial charge in [0, 0.05) is 30.3 Å². The fourth-order valence-electron chi connectivity index (χ4n) is 1.84. The second kappa shape index (κ2) is 3.28. The molecule has 0 aromatic carbocycles. The minimum Gasteiger partial charge on any atom is -0.381 e. The molecule has 1 unspecified atom stereocenters. The normalized spacial score (nSPS) is 26.7. The number of ether oxygens (including phenoxy) is 1. The van der Waals surface area contributed by atoms with Gasteiger partial charge in [-0.05, 0) is 19.3 Å². The summed E-state index contributed by atoms with van der Waals surface area (Å²) in [6.07, 6.45) is 3.69. The Labute approximate surface area is 83.0 Å². The minimum atomic E-state index is 0.525. The molecule has 3 rings (SSSR count). The van der Waals surface area contributed by atoms with Crippen molar-refractivity contribution in [1.82, 2.24) is 10.2 Å². The Bertz CT molecular complexity index is 313. The summed E-state index contributed by atoms with van der Waals surface area (Å²) in [4.78, 5) is 0. The third-order valence-electron chi connectivity index (χ3n) is 2.90. The maximum atomic E-state index is 5.35. The zero-order valence-corrected chi connectivity index (χ0v) is 8.12. The lowest BCUT2D eigenvalue weighted by Crippen LogP contribution is -2.00. The van der Waals surface area contributed by atoms with Gasteiger partial charge in [-0.2, -0.15) is 5.10 Å². The van der Waals surface area contributed by atoms with Crippen molar-refractivity contribution in [3.63, 3.8) is 0 Å². The molecule has 4 heteroatoms. The topological polar surface area (TPSA) is 49.9 Å². The molecule has 2 fully saturated rings. The van der Waals surface area contributed by atoms with Crippen LogP contribution in [0, 0.1) is 0 Å². The van der Waals surface area contributed by atoms with Gasteiger partial charge in [0.15, 0.2) is 0 Å². The monoisotopic (exact) mass is 193 g/mol. The number of aromatic nitrogens is 2. The molecule has 0 radical (unpaired) electrons. The molecule has 1 saturated carbocycles. The van der Waals surface area contributed by atoms with Crippen LogP contribution in [-0.2, 0) is 4.74 Å². The van der Waals surface area contributed by atoms with Gasteiger partial charge in [0.05, 0.1) is 6.61 Å². The van der Waals surface area contributed by atoms with Crippen molar-refractivity contribution in [2.75, 3.05) is 18.5 Å². The van der Waals surface area contributed by atoms with E-state index in [0.29, 0.717) is 12.0 Å². The summed E-state index contributed by atoms with van der Waals surface area (Å²) in [5.74, 6) is 1.52. The van der Waals surface area contributed by atoms with Gasteiger partial charge in [-0.25, -0.2) is 0 Å². The van der Waals surface area contributed by atoms with E-state index in [0.717, 1.165) is 25.5 Å². The van der Waals surface area contributed by atoms with Gasteiger partial charge >= 0.3 is 0 Å². The highest BCUT2D eigenvalue weighted by Crippen LogP contribution is 2.27. The molecule has 1 aliphatic heterocycles. The summed E-state index contributed by atoms with van der Waals surface area (Å²) in [5.41, 5.74) is 1.21. The van der Waals surface area contributed by atoms with Gasteiger partial charge in [-0.15, -0.1) is 0 Å². The molecule has 0 amide bonds. The van der Waals surface area contributed by atoms with Gasteiger partial charge in [-0.3, -0.25) is 5.10 Å². The Kier molecular flexibility index (Phi) is 1.94. The van der Waals surface area contributed by atoms with Crippen molar-refractivity contribution < 1.29 is 4.74 Å². The third-order valence-corrected chi connectivity index (χ3v) is 2.90. The highest BCUT2D eigenvalue weighted by Gasteiger charge is 2.23. The molecule has 1 aliphatic carbocycles. The lowest BCUT2D eigenvalue weighted by atomic mass is 10.1. The molecule has 0 spiro atoms. The molecular formula is C10H15N3O. The second-order valence-corrected chi connectivity index (χ2v) is 4.19. The predicted octanol–water partition coefficient (Wildman–Crippen LogP) is 1.49. The van der Waals surface area contributed by atoms with Crippen molar-refractivity contribution in [2.45, 2.75) is 31.2 Å². The molecule has 2 heterocycles. The molecule has 1 saturated heterocycles.